The van der Waals surface area contributed by atoms with E-state index in [2.05, 4.69) is 9.97 Å². The zero-order valence-corrected chi connectivity index (χ0v) is 12.4. The minimum absolute atomic E-state index is 0.155. The third-order valence-corrected chi connectivity index (χ3v) is 3.19. The van der Waals surface area contributed by atoms with Crippen LogP contribution in [0.4, 0.5) is 4.39 Å². The number of benzene rings is 1. The molecule has 0 aliphatic carbocycles. The van der Waals surface area contributed by atoms with E-state index in [0.717, 1.165) is 0 Å². The number of H-pyrrole nitrogens is 1. The van der Waals surface area contributed by atoms with Crippen molar-refractivity contribution in [3.63, 3.8) is 0 Å². The highest BCUT2D eigenvalue weighted by Crippen LogP contribution is 2.21. The average molecular weight is 305 g/mol. The largest absolute Gasteiger partial charge is 0.360 e. The molecule has 3 aromatic rings. The van der Waals surface area contributed by atoms with Crippen LogP contribution >= 0.6 is 11.6 Å². The third kappa shape index (κ3) is 2.95. The maximum atomic E-state index is 12.9. The van der Waals surface area contributed by atoms with Gasteiger partial charge in [-0.1, -0.05) is 37.6 Å². The highest BCUT2D eigenvalue weighted by atomic mass is 35.5. The summed E-state index contributed by atoms with van der Waals surface area (Å²) >= 11 is 5.96. The van der Waals surface area contributed by atoms with Crippen LogP contribution in [0.2, 0.25) is 5.15 Å². The Hall–Kier alpha value is -2.20. The van der Waals surface area contributed by atoms with Gasteiger partial charge in [-0.3, -0.25) is 4.79 Å². The number of pyridine rings is 2. The molecule has 108 valence electrons. The number of nitrogens with one attached hydrogen (secondary N) is 1. The number of aromatic amines is 1. The summed E-state index contributed by atoms with van der Waals surface area (Å²) in [6, 6.07) is 7.40. The predicted molar refractivity (Wildman–Crippen MR) is 84.1 cm³/mol. The lowest BCUT2D eigenvalue weighted by atomic mass is 10.1. The fraction of sp³-hybridized carbons (Fsp3) is 0.125. The first kappa shape index (κ1) is 15.2. The van der Waals surface area contributed by atoms with Gasteiger partial charge in [0.15, 0.2) is 5.43 Å². The van der Waals surface area contributed by atoms with Gasteiger partial charge >= 0.3 is 0 Å². The molecule has 0 saturated carbocycles. The first-order valence-electron chi connectivity index (χ1n) is 6.58. The van der Waals surface area contributed by atoms with Gasteiger partial charge in [0, 0.05) is 18.0 Å². The van der Waals surface area contributed by atoms with E-state index >= 15 is 0 Å². The lowest BCUT2D eigenvalue weighted by Crippen LogP contribution is -2.07. The highest BCUT2D eigenvalue weighted by molar-refractivity contribution is 6.34. The molecule has 2 heterocycles. The summed E-state index contributed by atoms with van der Waals surface area (Å²) in [5.41, 5.74) is 1.46. The minimum atomic E-state index is -0.347. The Morgan fingerprint density at radius 3 is 2.48 bits per heavy atom. The van der Waals surface area contributed by atoms with E-state index in [9.17, 15) is 9.18 Å². The van der Waals surface area contributed by atoms with Crippen LogP contribution in [0, 0.1) is 5.82 Å². The molecule has 21 heavy (non-hydrogen) atoms. The number of fused-ring (bicyclic) bond motifs is 1. The maximum absolute atomic E-state index is 12.9. The molecule has 0 unspecified atom stereocenters. The SMILES string of the molecule is CC.O=c1c(-c2ccc(F)cc2)c[nH]c2ccnc(Cl)c12. The van der Waals surface area contributed by atoms with Crippen molar-refractivity contribution in [3.8, 4) is 11.1 Å². The molecule has 2 aromatic heterocycles. The summed E-state index contributed by atoms with van der Waals surface area (Å²) in [4.78, 5) is 19.3. The molecule has 1 N–H and O–H groups in total. The van der Waals surface area contributed by atoms with Gasteiger partial charge in [0.2, 0.25) is 0 Å². The second-order valence-corrected chi connectivity index (χ2v) is 4.42. The Balaban J connectivity index is 0.000000774. The highest BCUT2D eigenvalue weighted by Gasteiger charge is 2.10. The zero-order chi connectivity index (χ0) is 15.4. The van der Waals surface area contributed by atoms with Gasteiger partial charge in [-0.15, -0.1) is 0 Å². The second-order valence-electron chi connectivity index (χ2n) is 4.06. The molecule has 0 bridgehead atoms. The summed E-state index contributed by atoms with van der Waals surface area (Å²) in [5.74, 6) is -0.347. The van der Waals surface area contributed by atoms with E-state index < -0.39 is 0 Å². The monoisotopic (exact) mass is 304 g/mol. The first-order valence-corrected chi connectivity index (χ1v) is 6.96. The number of aromatic nitrogens is 2. The number of hydrogen-bond acceptors (Lipinski definition) is 2. The molecule has 3 nitrogen and oxygen atoms in total. The van der Waals surface area contributed by atoms with Crippen LogP contribution < -0.4 is 5.43 Å². The standard InChI is InChI=1S/C14H8ClFN2O.C2H6/c15-14-12-11(5-6-17-14)18-7-10(13(12)19)8-1-3-9(16)4-2-8;1-2/h1-7H,(H,18,19);1-2H3. The van der Waals surface area contributed by atoms with Crippen molar-refractivity contribution in [3.05, 3.63) is 63.9 Å². The van der Waals surface area contributed by atoms with Crippen molar-refractivity contribution in [2.24, 2.45) is 0 Å². The fourth-order valence-electron chi connectivity index (χ4n) is 1.97. The van der Waals surface area contributed by atoms with E-state index in [1.165, 1.54) is 18.3 Å². The molecule has 0 aliphatic rings. The molecule has 0 aliphatic heterocycles. The van der Waals surface area contributed by atoms with Crippen LogP contribution in [-0.2, 0) is 0 Å². The third-order valence-electron chi connectivity index (χ3n) is 2.90. The molecule has 0 fully saturated rings. The lowest BCUT2D eigenvalue weighted by Gasteiger charge is -2.04. The van der Waals surface area contributed by atoms with Crippen molar-refractivity contribution in [2.45, 2.75) is 13.8 Å². The number of halogens is 2. The molecule has 0 radical (unpaired) electrons. The smallest absolute Gasteiger partial charge is 0.200 e. The molecule has 0 atom stereocenters. The lowest BCUT2D eigenvalue weighted by molar-refractivity contribution is 0.628. The molecule has 5 heteroatoms. The Kier molecular flexibility index (Phi) is 4.70. The topological polar surface area (TPSA) is 45.8 Å². The Labute approximate surface area is 126 Å². The summed E-state index contributed by atoms with van der Waals surface area (Å²) < 4.78 is 12.9. The molecular weight excluding hydrogens is 291 g/mol. The van der Waals surface area contributed by atoms with E-state index in [1.807, 2.05) is 13.8 Å². The Bertz CT molecular complexity index is 813. The van der Waals surface area contributed by atoms with Crippen LogP contribution in [-0.4, -0.2) is 9.97 Å². The van der Waals surface area contributed by atoms with Crippen molar-refractivity contribution in [1.29, 1.82) is 0 Å². The van der Waals surface area contributed by atoms with E-state index in [1.54, 1.807) is 24.4 Å². The van der Waals surface area contributed by atoms with Crippen molar-refractivity contribution >= 4 is 22.5 Å². The van der Waals surface area contributed by atoms with Crippen molar-refractivity contribution in [2.75, 3.05) is 0 Å². The quantitative estimate of drug-likeness (QED) is 0.677. The molecule has 1 aromatic carbocycles. The van der Waals surface area contributed by atoms with E-state index in [-0.39, 0.29) is 16.4 Å². The predicted octanol–water partition coefficient (Wildman–Crippen LogP) is 4.41. The van der Waals surface area contributed by atoms with Crippen molar-refractivity contribution in [1.82, 2.24) is 9.97 Å². The zero-order valence-electron chi connectivity index (χ0n) is 11.7. The van der Waals surface area contributed by atoms with Crippen LogP contribution in [0.25, 0.3) is 22.0 Å². The van der Waals surface area contributed by atoms with Gasteiger partial charge < -0.3 is 4.98 Å². The van der Waals surface area contributed by atoms with Crippen LogP contribution in [0.3, 0.4) is 0 Å². The van der Waals surface area contributed by atoms with Crippen molar-refractivity contribution < 1.29 is 4.39 Å². The van der Waals surface area contributed by atoms with E-state index in [4.69, 9.17) is 11.6 Å². The minimum Gasteiger partial charge on any atom is -0.360 e. The normalized spacial score (nSPS) is 10.1. The molecule has 0 saturated heterocycles. The summed E-state index contributed by atoms with van der Waals surface area (Å²) in [7, 11) is 0. The van der Waals surface area contributed by atoms with Gasteiger partial charge in [-0.05, 0) is 23.8 Å². The number of nitrogens with zero attached hydrogens (tertiary/aromatic N) is 1. The molecular formula is C16H14ClFN2O. The number of hydrogen-bond donors (Lipinski definition) is 1. The molecule has 0 amide bonds. The van der Waals surface area contributed by atoms with Crippen LogP contribution in [0.5, 0.6) is 0 Å². The van der Waals surface area contributed by atoms with Crippen LogP contribution in [0.15, 0.2) is 47.5 Å². The summed E-state index contributed by atoms with van der Waals surface area (Å²) in [6.07, 6.45) is 3.12. The number of rotatable bonds is 1. The Morgan fingerprint density at radius 2 is 1.81 bits per heavy atom. The van der Waals surface area contributed by atoms with Gasteiger partial charge in [0.25, 0.3) is 0 Å². The maximum Gasteiger partial charge on any atom is 0.200 e. The first-order chi connectivity index (χ1) is 10.2. The van der Waals surface area contributed by atoms with Gasteiger partial charge in [0.1, 0.15) is 11.0 Å². The van der Waals surface area contributed by atoms with Gasteiger partial charge in [-0.2, -0.15) is 0 Å². The summed E-state index contributed by atoms with van der Waals surface area (Å²) in [6.45, 7) is 4.00. The second kappa shape index (κ2) is 6.50. The van der Waals surface area contributed by atoms with Gasteiger partial charge in [-0.25, -0.2) is 9.37 Å². The van der Waals surface area contributed by atoms with Gasteiger partial charge in [0.05, 0.1) is 10.9 Å². The molecule has 0 spiro atoms. The average Bonchev–Trinajstić information content (AvgIpc) is 2.51. The summed E-state index contributed by atoms with van der Waals surface area (Å²) in [5, 5.41) is 0.494. The Morgan fingerprint density at radius 1 is 1.14 bits per heavy atom. The molecule has 3 rings (SSSR count). The van der Waals surface area contributed by atoms with Crippen LogP contribution in [0.1, 0.15) is 13.8 Å². The van der Waals surface area contributed by atoms with E-state index in [0.29, 0.717) is 22.0 Å². The fourth-order valence-corrected chi connectivity index (χ4v) is 2.21.